The van der Waals surface area contributed by atoms with Crippen molar-refractivity contribution >= 4 is 0 Å². The molecule has 0 bridgehead atoms. The van der Waals surface area contributed by atoms with Crippen LogP contribution in [0.5, 0.6) is 0 Å². The molecule has 122 valence electrons. The minimum Gasteiger partial charge on any atom is -0.396 e. The van der Waals surface area contributed by atoms with E-state index in [2.05, 4.69) is 13.8 Å². The summed E-state index contributed by atoms with van der Waals surface area (Å²) < 4.78 is 0. The quantitative estimate of drug-likeness (QED) is 0.275. The summed E-state index contributed by atoms with van der Waals surface area (Å²) in [6.45, 7) is 4.79. The van der Waals surface area contributed by atoms with Gasteiger partial charge in [-0.15, -0.1) is 0 Å². The summed E-state index contributed by atoms with van der Waals surface area (Å²) >= 11 is 0. The van der Waals surface area contributed by atoms with Gasteiger partial charge in [-0.3, -0.25) is 0 Å². The second-order valence-electron chi connectivity index (χ2n) is 5.45. The van der Waals surface area contributed by atoms with E-state index in [-0.39, 0.29) is 25.4 Å². The zero-order valence-electron chi connectivity index (χ0n) is 13.4. The Morgan fingerprint density at radius 3 is 1.35 bits per heavy atom. The van der Waals surface area contributed by atoms with Crippen LogP contribution < -0.4 is 0 Å². The van der Waals surface area contributed by atoms with E-state index in [0.717, 1.165) is 64.2 Å². The first-order valence-corrected chi connectivity index (χ1v) is 8.32. The normalized spacial score (nSPS) is 14.4. The van der Waals surface area contributed by atoms with Crippen molar-refractivity contribution in [1.82, 2.24) is 0 Å². The molecule has 0 saturated carbocycles. The summed E-state index contributed by atoms with van der Waals surface area (Å²) in [4.78, 5) is 11.3. The van der Waals surface area contributed by atoms with Crippen molar-refractivity contribution in [3.63, 3.8) is 0 Å². The predicted octanol–water partition coefficient (Wildman–Crippen LogP) is 3.60. The lowest BCUT2D eigenvalue weighted by Gasteiger charge is -2.21. The minimum atomic E-state index is 0.142. The van der Waals surface area contributed by atoms with Crippen LogP contribution in [0.2, 0.25) is 0 Å². The maximum atomic E-state index is 8.83. The molecule has 0 aromatic heterocycles. The summed E-state index contributed by atoms with van der Waals surface area (Å²) in [5.74, 6) is 0. The molecule has 0 aliphatic carbocycles. The topological polar surface area (TPSA) is 58.9 Å². The Balaban J connectivity index is 3.96. The summed E-state index contributed by atoms with van der Waals surface area (Å²) in [6, 6.07) is 0. The Bertz CT molecular complexity index is 167. The van der Waals surface area contributed by atoms with Crippen molar-refractivity contribution in [3.05, 3.63) is 0 Å². The molecule has 2 atom stereocenters. The van der Waals surface area contributed by atoms with E-state index in [9.17, 15) is 0 Å². The number of unbranched alkanes of at least 4 members (excludes halogenated alkanes) is 2. The molecule has 0 aromatic carbocycles. The monoisotopic (exact) mass is 290 g/mol. The van der Waals surface area contributed by atoms with Gasteiger partial charge in [-0.05, 0) is 51.4 Å². The molecule has 0 amide bonds. The maximum Gasteiger partial charge on any atom is 0.0930 e. The fourth-order valence-corrected chi connectivity index (χ4v) is 2.25. The molecule has 0 radical (unpaired) electrons. The first-order chi connectivity index (χ1) is 9.78. The molecular formula is C16H34O4. The number of aliphatic hydroxyl groups is 2. The third kappa shape index (κ3) is 11.6. The summed E-state index contributed by atoms with van der Waals surface area (Å²) in [5.41, 5.74) is 0. The van der Waals surface area contributed by atoms with Crippen LogP contribution in [0.3, 0.4) is 0 Å². The van der Waals surface area contributed by atoms with Crippen molar-refractivity contribution in [1.29, 1.82) is 0 Å². The molecule has 0 spiro atoms. The van der Waals surface area contributed by atoms with Crippen molar-refractivity contribution < 1.29 is 20.0 Å². The van der Waals surface area contributed by atoms with Gasteiger partial charge in [0.05, 0.1) is 12.2 Å². The van der Waals surface area contributed by atoms with E-state index in [4.69, 9.17) is 20.0 Å². The zero-order valence-corrected chi connectivity index (χ0v) is 13.4. The molecule has 2 N–H and O–H groups in total. The van der Waals surface area contributed by atoms with Crippen LogP contribution in [-0.2, 0) is 9.78 Å². The van der Waals surface area contributed by atoms with Gasteiger partial charge >= 0.3 is 0 Å². The van der Waals surface area contributed by atoms with Crippen molar-refractivity contribution in [2.24, 2.45) is 0 Å². The van der Waals surface area contributed by atoms with Gasteiger partial charge < -0.3 is 10.2 Å². The van der Waals surface area contributed by atoms with Gasteiger partial charge in [0.2, 0.25) is 0 Å². The lowest BCUT2D eigenvalue weighted by atomic mass is 10.1. The van der Waals surface area contributed by atoms with Gasteiger partial charge in [0.25, 0.3) is 0 Å². The smallest absolute Gasteiger partial charge is 0.0930 e. The van der Waals surface area contributed by atoms with Crippen LogP contribution >= 0.6 is 0 Å². The molecule has 0 aliphatic rings. The standard InChI is InChI=1S/C16H34O4/c1-3-9-15(11-5-7-13-17)19-20-16(10-4-2)12-6-8-14-18/h15-18H,3-14H2,1-2H3. The first kappa shape index (κ1) is 19.8. The average Bonchev–Trinajstić information content (AvgIpc) is 2.45. The van der Waals surface area contributed by atoms with Crippen molar-refractivity contribution in [2.45, 2.75) is 90.3 Å². The molecule has 2 unspecified atom stereocenters. The molecule has 4 heteroatoms. The minimum absolute atomic E-state index is 0.142. The van der Waals surface area contributed by atoms with Crippen molar-refractivity contribution in [2.75, 3.05) is 13.2 Å². The second kappa shape index (κ2) is 15.2. The van der Waals surface area contributed by atoms with Gasteiger partial charge in [-0.25, -0.2) is 9.78 Å². The maximum absolute atomic E-state index is 8.83. The molecule has 0 aliphatic heterocycles. The van der Waals surface area contributed by atoms with E-state index >= 15 is 0 Å². The third-order valence-corrected chi connectivity index (χ3v) is 3.42. The van der Waals surface area contributed by atoms with Gasteiger partial charge in [-0.2, -0.15) is 0 Å². The Hall–Kier alpha value is -0.160. The zero-order chi connectivity index (χ0) is 15.1. The third-order valence-electron chi connectivity index (χ3n) is 3.42. The Labute approximate surface area is 124 Å². The Kier molecular flexibility index (Phi) is 15.1. The van der Waals surface area contributed by atoms with Crippen LogP contribution in [0.25, 0.3) is 0 Å². The number of hydrogen-bond acceptors (Lipinski definition) is 4. The lowest BCUT2D eigenvalue weighted by Crippen LogP contribution is -2.20. The molecule has 0 aromatic rings. The van der Waals surface area contributed by atoms with E-state index in [1.54, 1.807) is 0 Å². The fourth-order valence-electron chi connectivity index (χ4n) is 2.25. The second-order valence-corrected chi connectivity index (χ2v) is 5.45. The van der Waals surface area contributed by atoms with Gasteiger partial charge in [0, 0.05) is 13.2 Å². The molecule has 4 nitrogen and oxygen atoms in total. The van der Waals surface area contributed by atoms with E-state index in [1.165, 1.54) is 0 Å². The highest BCUT2D eigenvalue weighted by Gasteiger charge is 2.14. The Morgan fingerprint density at radius 1 is 0.650 bits per heavy atom. The van der Waals surface area contributed by atoms with Crippen LogP contribution in [-0.4, -0.2) is 35.6 Å². The molecule has 0 fully saturated rings. The van der Waals surface area contributed by atoms with E-state index < -0.39 is 0 Å². The largest absolute Gasteiger partial charge is 0.396 e. The summed E-state index contributed by atoms with van der Waals surface area (Å²) in [5, 5.41) is 17.7. The summed E-state index contributed by atoms with van der Waals surface area (Å²) in [6.07, 6.45) is 9.96. The molecule has 0 heterocycles. The highest BCUT2D eigenvalue weighted by atomic mass is 17.2. The predicted molar refractivity (Wildman–Crippen MR) is 81.4 cm³/mol. The van der Waals surface area contributed by atoms with Crippen LogP contribution in [0.15, 0.2) is 0 Å². The Morgan fingerprint density at radius 2 is 1.05 bits per heavy atom. The van der Waals surface area contributed by atoms with Gasteiger partial charge in [0.1, 0.15) is 0 Å². The molecule has 20 heavy (non-hydrogen) atoms. The van der Waals surface area contributed by atoms with Gasteiger partial charge in [-0.1, -0.05) is 26.7 Å². The SMILES string of the molecule is CCCC(CCCCO)OOC(CCC)CCCCO. The van der Waals surface area contributed by atoms with Crippen LogP contribution in [0.4, 0.5) is 0 Å². The molecule has 0 saturated heterocycles. The highest BCUT2D eigenvalue weighted by molar-refractivity contribution is 4.59. The number of aliphatic hydroxyl groups excluding tert-OH is 2. The first-order valence-electron chi connectivity index (χ1n) is 8.32. The van der Waals surface area contributed by atoms with E-state index in [1.807, 2.05) is 0 Å². The van der Waals surface area contributed by atoms with Gasteiger partial charge in [0.15, 0.2) is 0 Å². The van der Waals surface area contributed by atoms with Crippen molar-refractivity contribution in [3.8, 4) is 0 Å². The van der Waals surface area contributed by atoms with E-state index in [0.29, 0.717) is 0 Å². The average molecular weight is 290 g/mol. The molecule has 0 rings (SSSR count). The summed E-state index contributed by atoms with van der Waals surface area (Å²) in [7, 11) is 0. The molecular weight excluding hydrogens is 256 g/mol. The van der Waals surface area contributed by atoms with Crippen LogP contribution in [0.1, 0.15) is 78.1 Å². The number of hydrogen-bond donors (Lipinski definition) is 2. The van der Waals surface area contributed by atoms with Crippen LogP contribution in [0, 0.1) is 0 Å². The fraction of sp³-hybridized carbons (Fsp3) is 1.00. The highest BCUT2D eigenvalue weighted by Crippen LogP contribution is 2.16. The lowest BCUT2D eigenvalue weighted by molar-refractivity contribution is -0.354. The number of rotatable bonds is 15.